The van der Waals surface area contributed by atoms with Gasteiger partial charge < -0.3 is 5.32 Å². The minimum atomic E-state index is -0.152. The first-order valence-electron chi connectivity index (χ1n) is 9.74. The van der Waals surface area contributed by atoms with Crippen LogP contribution in [0.2, 0.25) is 5.02 Å². The van der Waals surface area contributed by atoms with Crippen molar-refractivity contribution < 1.29 is 0 Å². The second-order valence-electron chi connectivity index (χ2n) is 7.47. The molecule has 4 heterocycles. The monoisotopic (exact) mass is 433 g/mol. The SMILES string of the molecule is CNc1ncc(-c2ccc3ncc4c(c3c2)n(-c2cc(C)nn2C)c(=O)n4C)cc1Cl. The van der Waals surface area contributed by atoms with Gasteiger partial charge >= 0.3 is 5.69 Å². The molecule has 5 rings (SSSR count). The summed E-state index contributed by atoms with van der Waals surface area (Å²) in [5.41, 5.74) is 4.82. The Kier molecular flexibility index (Phi) is 4.33. The van der Waals surface area contributed by atoms with Crippen molar-refractivity contribution in [2.75, 3.05) is 12.4 Å². The number of rotatable bonds is 3. The summed E-state index contributed by atoms with van der Waals surface area (Å²) in [7, 11) is 5.36. The molecule has 0 amide bonds. The summed E-state index contributed by atoms with van der Waals surface area (Å²) in [4.78, 5) is 22.1. The van der Waals surface area contributed by atoms with E-state index in [1.807, 2.05) is 44.3 Å². The average molecular weight is 434 g/mol. The lowest BCUT2D eigenvalue weighted by Crippen LogP contribution is -2.22. The predicted octanol–water partition coefficient (Wildman–Crippen LogP) is 3.68. The third-order valence-electron chi connectivity index (χ3n) is 5.50. The number of aromatic nitrogens is 6. The number of fused-ring (bicyclic) bond motifs is 3. The van der Waals surface area contributed by atoms with Crippen LogP contribution in [-0.4, -0.2) is 35.9 Å². The summed E-state index contributed by atoms with van der Waals surface area (Å²) < 4.78 is 5.02. The van der Waals surface area contributed by atoms with Gasteiger partial charge in [0.2, 0.25) is 0 Å². The van der Waals surface area contributed by atoms with Gasteiger partial charge in [-0.2, -0.15) is 5.10 Å². The Labute approximate surface area is 182 Å². The van der Waals surface area contributed by atoms with Gasteiger partial charge in [-0.05, 0) is 30.7 Å². The largest absolute Gasteiger partial charge is 0.372 e. The number of nitrogens with one attached hydrogen (secondary N) is 1. The molecule has 0 spiro atoms. The van der Waals surface area contributed by atoms with E-state index in [0.29, 0.717) is 16.7 Å². The number of nitrogens with zero attached hydrogens (tertiary/aromatic N) is 6. The topological polar surface area (TPSA) is 82.6 Å². The van der Waals surface area contributed by atoms with Crippen molar-refractivity contribution in [3.8, 4) is 16.9 Å². The fraction of sp³-hybridized carbons (Fsp3) is 0.182. The number of benzene rings is 1. The lowest BCUT2D eigenvalue weighted by molar-refractivity contribution is 0.711. The van der Waals surface area contributed by atoms with Crippen LogP contribution in [-0.2, 0) is 14.1 Å². The molecule has 0 fully saturated rings. The lowest BCUT2D eigenvalue weighted by atomic mass is 10.0. The molecule has 0 aliphatic heterocycles. The Morgan fingerprint density at radius 2 is 1.84 bits per heavy atom. The van der Waals surface area contributed by atoms with Crippen molar-refractivity contribution in [1.29, 1.82) is 0 Å². The Morgan fingerprint density at radius 1 is 1.03 bits per heavy atom. The fourth-order valence-electron chi connectivity index (χ4n) is 3.98. The van der Waals surface area contributed by atoms with Crippen molar-refractivity contribution >= 4 is 39.4 Å². The number of pyridine rings is 2. The van der Waals surface area contributed by atoms with Crippen LogP contribution < -0.4 is 11.0 Å². The predicted molar refractivity (Wildman–Crippen MR) is 123 cm³/mol. The second kappa shape index (κ2) is 6.95. The zero-order chi connectivity index (χ0) is 21.9. The molecule has 1 N–H and O–H groups in total. The van der Waals surface area contributed by atoms with Gasteiger partial charge in [0, 0.05) is 44.4 Å². The number of imidazole rings is 1. The normalized spacial score (nSPS) is 11.5. The molecule has 0 saturated heterocycles. The minimum Gasteiger partial charge on any atom is -0.372 e. The summed E-state index contributed by atoms with van der Waals surface area (Å²) >= 11 is 6.35. The first-order chi connectivity index (χ1) is 14.9. The highest BCUT2D eigenvalue weighted by atomic mass is 35.5. The number of hydrogen-bond donors (Lipinski definition) is 1. The molecule has 0 aliphatic rings. The van der Waals surface area contributed by atoms with E-state index in [0.717, 1.165) is 38.8 Å². The van der Waals surface area contributed by atoms with Crippen molar-refractivity contribution in [2.45, 2.75) is 6.92 Å². The van der Waals surface area contributed by atoms with Crippen LogP contribution in [0.1, 0.15) is 5.69 Å². The van der Waals surface area contributed by atoms with Crippen LogP contribution in [0.15, 0.2) is 47.5 Å². The van der Waals surface area contributed by atoms with Gasteiger partial charge in [-0.3, -0.25) is 14.2 Å². The summed E-state index contributed by atoms with van der Waals surface area (Å²) in [6.45, 7) is 1.91. The van der Waals surface area contributed by atoms with E-state index in [2.05, 4.69) is 20.4 Å². The molecule has 0 atom stereocenters. The first-order valence-corrected chi connectivity index (χ1v) is 10.1. The van der Waals surface area contributed by atoms with Gasteiger partial charge in [0.1, 0.15) is 11.6 Å². The molecule has 156 valence electrons. The van der Waals surface area contributed by atoms with E-state index in [1.165, 1.54) is 0 Å². The number of anilines is 1. The highest BCUT2D eigenvalue weighted by Gasteiger charge is 2.19. The quantitative estimate of drug-likeness (QED) is 0.469. The second-order valence-corrected chi connectivity index (χ2v) is 7.88. The van der Waals surface area contributed by atoms with E-state index in [1.54, 1.807) is 40.3 Å². The minimum absolute atomic E-state index is 0.152. The van der Waals surface area contributed by atoms with E-state index >= 15 is 0 Å². The van der Waals surface area contributed by atoms with Crippen LogP contribution in [0.3, 0.4) is 0 Å². The highest BCUT2D eigenvalue weighted by molar-refractivity contribution is 6.33. The van der Waals surface area contributed by atoms with Gasteiger partial charge in [0.25, 0.3) is 0 Å². The van der Waals surface area contributed by atoms with E-state index in [9.17, 15) is 4.79 Å². The van der Waals surface area contributed by atoms with Gasteiger partial charge in [0.05, 0.1) is 33.5 Å². The maximum absolute atomic E-state index is 13.2. The number of hydrogen-bond acceptors (Lipinski definition) is 5. The summed E-state index contributed by atoms with van der Waals surface area (Å²) in [5.74, 6) is 1.33. The average Bonchev–Trinajstić information content (AvgIpc) is 3.22. The molecule has 5 aromatic rings. The third-order valence-corrected chi connectivity index (χ3v) is 5.79. The molecule has 0 aliphatic carbocycles. The molecule has 0 radical (unpaired) electrons. The third kappa shape index (κ3) is 2.90. The van der Waals surface area contributed by atoms with E-state index in [-0.39, 0.29) is 5.69 Å². The van der Waals surface area contributed by atoms with Crippen LogP contribution in [0.4, 0.5) is 5.82 Å². The molecular weight excluding hydrogens is 414 g/mol. The van der Waals surface area contributed by atoms with Crippen LogP contribution in [0, 0.1) is 6.92 Å². The van der Waals surface area contributed by atoms with Gasteiger partial charge in [-0.1, -0.05) is 17.7 Å². The van der Waals surface area contributed by atoms with Crippen molar-refractivity contribution in [3.05, 3.63) is 63.9 Å². The Balaban J connectivity index is 1.84. The maximum Gasteiger partial charge on any atom is 0.334 e. The Morgan fingerprint density at radius 3 is 2.52 bits per heavy atom. The molecule has 4 aromatic heterocycles. The molecule has 0 saturated carbocycles. The standard InChI is InChI=1S/C22H20ClN7O/c1-12-7-19(29(4)27-12)30-20-15-8-13(14-9-16(23)21(24-2)26-10-14)5-6-17(15)25-11-18(20)28(3)22(30)31/h5-11H,1-4H3,(H,24,26). The van der Waals surface area contributed by atoms with Crippen molar-refractivity contribution in [3.63, 3.8) is 0 Å². The van der Waals surface area contributed by atoms with E-state index < -0.39 is 0 Å². The maximum atomic E-state index is 13.2. The summed E-state index contributed by atoms with van der Waals surface area (Å²) in [6.07, 6.45) is 3.51. The van der Waals surface area contributed by atoms with Gasteiger partial charge in [0.15, 0.2) is 0 Å². The molecule has 9 heteroatoms. The fourth-order valence-corrected chi connectivity index (χ4v) is 4.24. The van der Waals surface area contributed by atoms with Crippen LogP contribution in [0.25, 0.3) is 38.9 Å². The Hall–Kier alpha value is -3.65. The molecule has 0 unspecified atom stereocenters. The Bertz CT molecular complexity index is 1540. The number of aryl methyl sites for hydroxylation is 3. The highest BCUT2D eigenvalue weighted by Crippen LogP contribution is 2.31. The summed E-state index contributed by atoms with van der Waals surface area (Å²) in [6, 6.07) is 9.72. The number of halogens is 1. The zero-order valence-electron chi connectivity index (χ0n) is 17.5. The van der Waals surface area contributed by atoms with E-state index in [4.69, 9.17) is 11.6 Å². The molecule has 1 aromatic carbocycles. The zero-order valence-corrected chi connectivity index (χ0v) is 18.3. The smallest absolute Gasteiger partial charge is 0.334 e. The first kappa shape index (κ1) is 19.3. The molecular formula is C22H20ClN7O. The lowest BCUT2D eigenvalue weighted by Gasteiger charge is -2.09. The van der Waals surface area contributed by atoms with Crippen molar-refractivity contribution in [2.24, 2.45) is 14.1 Å². The summed E-state index contributed by atoms with van der Waals surface area (Å²) in [5, 5.41) is 8.79. The van der Waals surface area contributed by atoms with Crippen LogP contribution in [0.5, 0.6) is 0 Å². The molecule has 8 nitrogen and oxygen atoms in total. The van der Waals surface area contributed by atoms with Gasteiger partial charge in [-0.25, -0.2) is 14.3 Å². The van der Waals surface area contributed by atoms with Gasteiger partial charge in [-0.15, -0.1) is 0 Å². The molecule has 0 bridgehead atoms. The molecule has 31 heavy (non-hydrogen) atoms. The van der Waals surface area contributed by atoms with Crippen molar-refractivity contribution in [1.82, 2.24) is 28.9 Å². The van der Waals surface area contributed by atoms with Crippen LogP contribution >= 0.6 is 11.6 Å².